The van der Waals surface area contributed by atoms with Gasteiger partial charge in [-0.2, -0.15) is 0 Å². The van der Waals surface area contributed by atoms with Gasteiger partial charge in [-0.1, -0.05) is 19.8 Å². The van der Waals surface area contributed by atoms with Gasteiger partial charge in [0.15, 0.2) is 5.01 Å². The van der Waals surface area contributed by atoms with Gasteiger partial charge in [0, 0.05) is 29.6 Å². The number of aromatic nitrogens is 3. The van der Waals surface area contributed by atoms with Crippen molar-refractivity contribution in [1.82, 2.24) is 14.5 Å². The molecule has 0 unspecified atom stereocenters. The molecule has 0 aliphatic carbocycles. The number of thiazole rings is 1. The van der Waals surface area contributed by atoms with Gasteiger partial charge in [0.1, 0.15) is 5.82 Å². The number of hydrogen-bond acceptors (Lipinski definition) is 4. The summed E-state index contributed by atoms with van der Waals surface area (Å²) in [6, 6.07) is 5.64. The van der Waals surface area contributed by atoms with Gasteiger partial charge in [0.05, 0.1) is 10.9 Å². The molecule has 0 radical (unpaired) electrons. The Morgan fingerprint density at radius 2 is 2.08 bits per heavy atom. The number of hydrogen-bond donors (Lipinski definition) is 0. The summed E-state index contributed by atoms with van der Waals surface area (Å²) in [7, 11) is 0. The Morgan fingerprint density at radius 1 is 1.24 bits per heavy atom. The van der Waals surface area contributed by atoms with Crippen LogP contribution in [0.5, 0.6) is 0 Å². The van der Waals surface area contributed by atoms with E-state index in [1.165, 1.54) is 11.3 Å². The monoisotopic (exact) mass is 349 g/mol. The van der Waals surface area contributed by atoms with Crippen LogP contribution in [0.15, 0.2) is 28.4 Å². The van der Waals surface area contributed by atoms with Crippen molar-refractivity contribution in [3.05, 3.63) is 56.0 Å². The summed E-state index contributed by atoms with van der Waals surface area (Å²) in [5.74, 6) is 7.10. The third kappa shape index (κ3) is 3.10. The van der Waals surface area contributed by atoms with Crippen molar-refractivity contribution < 1.29 is 0 Å². The molecular weight excluding hydrogens is 330 g/mol. The Kier molecular flexibility index (Phi) is 3.73. The molecule has 5 heteroatoms. The molecule has 2 aromatic heterocycles. The van der Waals surface area contributed by atoms with Crippen LogP contribution in [0.2, 0.25) is 0 Å². The van der Waals surface area contributed by atoms with E-state index in [0.717, 1.165) is 47.0 Å². The first-order chi connectivity index (χ1) is 11.9. The average Bonchev–Trinajstić information content (AvgIpc) is 2.99. The van der Waals surface area contributed by atoms with E-state index >= 15 is 0 Å². The standard InChI is InChI=1S/C20H19N3OS/c1-13-11-25-18(21-13)7-5-14-4-6-15-16(10-14)22-17-8-9-20(2,3)12-23(17)19(15)24/h4,6,10-11H,8-9,12H2,1-3H3. The van der Waals surface area contributed by atoms with Crippen molar-refractivity contribution in [1.29, 1.82) is 0 Å². The summed E-state index contributed by atoms with van der Waals surface area (Å²) in [4.78, 5) is 21.9. The summed E-state index contributed by atoms with van der Waals surface area (Å²) in [6.07, 6.45) is 1.89. The van der Waals surface area contributed by atoms with E-state index in [1.807, 2.05) is 35.1 Å². The molecule has 0 bridgehead atoms. The lowest BCUT2D eigenvalue weighted by Gasteiger charge is -2.31. The largest absolute Gasteiger partial charge is 0.296 e. The predicted octanol–water partition coefficient (Wildman–Crippen LogP) is 3.53. The lowest BCUT2D eigenvalue weighted by molar-refractivity contribution is 0.240. The Bertz CT molecular complexity index is 1100. The van der Waals surface area contributed by atoms with Gasteiger partial charge in [0.2, 0.25) is 0 Å². The molecule has 0 saturated carbocycles. The van der Waals surface area contributed by atoms with Crippen LogP contribution in [0.4, 0.5) is 0 Å². The highest BCUT2D eigenvalue weighted by Crippen LogP contribution is 2.29. The van der Waals surface area contributed by atoms with Gasteiger partial charge < -0.3 is 0 Å². The Labute approximate surface area is 150 Å². The highest BCUT2D eigenvalue weighted by molar-refractivity contribution is 7.10. The average molecular weight is 349 g/mol. The molecule has 1 aromatic carbocycles. The quantitative estimate of drug-likeness (QED) is 0.583. The summed E-state index contributed by atoms with van der Waals surface area (Å²) in [6.45, 7) is 7.09. The fraction of sp³-hybridized carbons (Fsp3) is 0.350. The van der Waals surface area contributed by atoms with Gasteiger partial charge in [-0.15, -0.1) is 11.3 Å². The van der Waals surface area contributed by atoms with Crippen molar-refractivity contribution in [2.24, 2.45) is 5.41 Å². The summed E-state index contributed by atoms with van der Waals surface area (Å²) in [5.41, 5.74) is 2.77. The molecule has 3 heterocycles. The second-order valence-electron chi connectivity index (χ2n) is 7.36. The molecule has 0 amide bonds. The van der Waals surface area contributed by atoms with Crippen LogP contribution in [-0.4, -0.2) is 14.5 Å². The molecular formula is C20H19N3OS. The van der Waals surface area contributed by atoms with Crippen LogP contribution in [0, 0.1) is 24.2 Å². The molecule has 1 aliphatic heterocycles. The maximum atomic E-state index is 12.8. The van der Waals surface area contributed by atoms with Crippen LogP contribution in [0.1, 0.15) is 42.4 Å². The zero-order valence-corrected chi connectivity index (χ0v) is 15.4. The van der Waals surface area contributed by atoms with Crippen LogP contribution < -0.4 is 5.56 Å². The van der Waals surface area contributed by atoms with Crippen molar-refractivity contribution >= 4 is 22.2 Å². The third-order valence-electron chi connectivity index (χ3n) is 4.58. The SMILES string of the molecule is Cc1csc(C#Cc2ccc3c(=O)n4c(nc3c2)CCC(C)(C)C4)n1. The topological polar surface area (TPSA) is 47.8 Å². The maximum Gasteiger partial charge on any atom is 0.261 e. The molecule has 0 saturated heterocycles. The van der Waals surface area contributed by atoms with Crippen molar-refractivity contribution in [3.8, 4) is 11.8 Å². The van der Waals surface area contributed by atoms with Crippen molar-refractivity contribution in [2.45, 2.75) is 40.2 Å². The highest BCUT2D eigenvalue weighted by atomic mass is 32.1. The Morgan fingerprint density at radius 3 is 2.84 bits per heavy atom. The summed E-state index contributed by atoms with van der Waals surface area (Å²) < 4.78 is 1.84. The Hall–Kier alpha value is -2.45. The van der Waals surface area contributed by atoms with Crippen LogP contribution in [0.3, 0.4) is 0 Å². The lowest BCUT2D eigenvalue weighted by Crippen LogP contribution is -2.36. The fourth-order valence-electron chi connectivity index (χ4n) is 3.19. The Balaban J connectivity index is 1.77. The first kappa shape index (κ1) is 16.0. The molecule has 25 heavy (non-hydrogen) atoms. The molecule has 0 N–H and O–H groups in total. The predicted molar refractivity (Wildman–Crippen MR) is 101 cm³/mol. The minimum Gasteiger partial charge on any atom is -0.296 e. The van der Waals surface area contributed by atoms with Gasteiger partial charge in [-0.3, -0.25) is 9.36 Å². The second kappa shape index (κ2) is 5.82. The van der Waals surface area contributed by atoms with Crippen LogP contribution in [0.25, 0.3) is 10.9 Å². The minimum absolute atomic E-state index is 0.0582. The zero-order chi connectivity index (χ0) is 17.6. The van der Waals surface area contributed by atoms with E-state index in [0.29, 0.717) is 5.39 Å². The highest BCUT2D eigenvalue weighted by Gasteiger charge is 2.27. The van der Waals surface area contributed by atoms with Crippen LogP contribution in [-0.2, 0) is 13.0 Å². The molecule has 4 nitrogen and oxygen atoms in total. The van der Waals surface area contributed by atoms with Crippen molar-refractivity contribution in [3.63, 3.8) is 0 Å². The van der Waals surface area contributed by atoms with E-state index in [9.17, 15) is 4.79 Å². The fourth-order valence-corrected chi connectivity index (χ4v) is 3.83. The van der Waals surface area contributed by atoms with Crippen molar-refractivity contribution in [2.75, 3.05) is 0 Å². The molecule has 0 fully saturated rings. The van der Waals surface area contributed by atoms with E-state index in [2.05, 4.69) is 30.7 Å². The first-order valence-corrected chi connectivity index (χ1v) is 9.27. The van der Waals surface area contributed by atoms with Gasteiger partial charge >= 0.3 is 0 Å². The number of rotatable bonds is 0. The zero-order valence-electron chi connectivity index (χ0n) is 14.6. The summed E-state index contributed by atoms with van der Waals surface area (Å²) >= 11 is 1.54. The van der Waals surface area contributed by atoms with E-state index < -0.39 is 0 Å². The molecule has 4 rings (SSSR count). The normalized spacial score (nSPS) is 15.5. The molecule has 1 aliphatic rings. The van der Waals surface area contributed by atoms with Gasteiger partial charge in [-0.25, -0.2) is 9.97 Å². The summed E-state index contributed by atoms with van der Waals surface area (Å²) in [5, 5.41) is 3.45. The minimum atomic E-state index is 0.0582. The molecule has 126 valence electrons. The van der Waals surface area contributed by atoms with Gasteiger partial charge in [-0.05, 0) is 42.9 Å². The molecule has 3 aromatic rings. The van der Waals surface area contributed by atoms with E-state index in [1.54, 1.807) is 0 Å². The number of aryl methyl sites for hydroxylation is 2. The van der Waals surface area contributed by atoms with E-state index in [4.69, 9.17) is 4.98 Å². The van der Waals surface area contributed by atoms with E-state index in [-0.39, 0.29) is 11.0 Å². The number of nitrogens with zero attached hydrogens (tertiary/aromatic N) is 3. The second-order valence-corrected chi connectivity index (χ2v) is 8.22. The van der Waals surface area contributed by atoms with Gasteiger partial charge in [0.25, 0.3) is 5.56 Å². The first-order valence-electron chi connectivity index (χ1n) is 8.39. The number of fused-ring (bicyclic) bond motifs is 2. The third-order valence-corrected chi connectivity index (χ3v) is 5.45. The lowest BCUT2D eigenvalue weighted by atomic mass is 9.85. The smallest absolute Gasteiger partial charge is 0.261 e. The van der Waals surface area contributed by atoms with Crippen LogP contribution >= 0.6 is 11.3 Å². The maximum absolute atomic E-state index is 12.8. The number of benzene rings is 1. The molecule has 0 spiro atoms. The molecule has 0 atom stereocenters.